The number of carbonyl (C=O) groups is 4. The van der Waals surface area contributed by atoms with Crippen molar-refractivity contribution in [1.82, 2.24) is 9.97 Å². The maximum absolute atomic E-state index is 12.4. The first kappa shape index (κ1) is 31.6. The monoisotopic (exact) mass is 588 g/mol. The molecular formula is C33H40N4O6. The molecule has 4 rings (SSSR count). The van der Waals surface area contributed by atoms with Crippen LogP contribution in [0.5, 0.6) is 0 Å². The fraction of sp³-hybridized carbons (Fsp3) is 0.455. The van der Waals surface area contributed by atoms with Crippen LogP contribution in [-0.2, 0) is 51.3 Å². The number of carboxylic acids is 2. The highest BCUT2D eigenvalue weighted by atomic mass is 16.4. The number of hydrogen-bond acceptors (Lipinski definition) is 4. The van der Waals surface area contributed by atoms with Crippen LogP contribution in [0, 0.1) is 25.7 Å². The molecule has 0 aromatic carbocycles. The number of aromatic amines is 2. The second-order valence-corrected chi connectivity index (χ2v) is 11.5. The molecule has 4 heterocycles. The Balaban J connectivity index is 1.72. The molecule has 228 valence electrons. The minimum absolute atomic E-state index is 0.0365. The lowest BCUT2D eigenvalue weighted by Crippen LogP contribution is -2.19. The number of aliphatic imine (C=N–C) groups is 2. The van der Waals surface area contributed by atoms with Crippen molar-refractivity contribution in [3.63, 3.8) is 0 Å². The number of nitrogens with zero attached hydrogens (tertiary/aromatic N) is 2. The van der Waals surface area contributed by atoms with E-state index in [1.807, 2.05) is 34.6 Å². The third-order valence-electron chi connectivity index (χ3n) is 9.00. The van der Waals surface area contributed by atoms with E-state index < -0.39 is 11.9 Å². The summed E-state index contributed by atoms with van der Waals surface area (Å²) in [4.78, 5) is 63.3. The minimum atomic E-state index is -0.903. The summed E-state index contributed by atoms with van der Waals surface area (Å²) in [6, 6.07) is 0. The Kier molecular flexibility index (Phi) is 9.47. The van der Waals surface area contributed by atoms with Crippen molar-refractivity contribution in [3.05, 3.63) is 68.8 Å². The van der Waals surface area contributed by atoms with Gasteiger partial charge < -0.3 is 20.2 Å². The van der Waals surface area contributed by atoms with Gasteiger partial charge in [-0.1, -0.05) is 26.5 Å². The molecule has 2 aromatic heterocycles. The molecule has 2 aliphatic rings. The lowest BCUT2D eigenvalue weighted by Gasteiger charge is -2.14. The van der Waals surface area contributed by atoms with Crippen molar-refractivity contribution >= 4 is 35.2 Å². The molecule has 10 nitrogen and oxygen atoms in total. The molecule has 0 unspecified atom stereocenters. The normalized spacial score (nSPS) is 18.4. The van der Waals surface area contributed by atoms with E-state index in [2.05, 4.69) is 26.5 Å². The lowest BCUT2D eigenvalue weighted by molar-refractivity contribution is -0.138. The first-order valence-corrected chi connectivity index (χ1v) is 14.7. The number of allylic oxidation sites excluding steroid dienone is 1. The highest BCUT2D eigenvalue weighted by molar-refractivity contribution is 6.20. The fourth-order valence-electron chi connectivity index (χ4n) is 6.38. The highest BCUT2D eigenvalue weighted by Crippen LogP contribution is 2.32. The average Bonchev–Trinajstić information content (AvgIpc) is 3.59. The number of carbonyl (C=O) groups excluding carboxylic acids is 2. The van der Waals surface area contributed by atoms with Gasteiger partial charge in [0.1, 0.15) is 0 Å². The molecule has 0 spiro atoms. The Morgan fingerprint density at radius 3 is 1.86 bits per heavy atom. The zero-order valence-electron chi connectivity index (χ0n) is 25.5. The van der Waals surface area contributed by atoms with Gasteiger partial charge in [0.25, 0.3) is 5.91 Å². The molecule has 10 heteroatoms. The number of nitrogens with one attached hydrogen (secondary N) is 2. The van der Waals surface area contributed by atoms with Crippen molar-refractivity contribution in [1.29, 1.82) is 0 Å². The predicted molar refractivity (Wildman–Crippen MR) is 164 cm³/mol. The van der Waals surface area contributed by atoms with E-state index in [0.717, 1.165) is 62.7 Å². The standard InChI is InChI=1S/C33H40N4O6/c1-7-20-19(6)32(42)37-27(20)14-25-18(5)23(10-12-31(40)41)29(35-25)15-28-22(9-11-30(38)39)17(4)24(34-28)13-26-16(3)21(8-2)33(43)36-26/h8,19-20,34-35H,2,7,9-15H2,1,3-6H3,(H,38,39)(H,40,41)/t19-,20-/m1/s1. The Labute approximate surface area is 251 Å². The van der Waals surface area contributed by atoms with Crippen LogP contribution in [0.3, 0.4) is 0 Å². The van der Waals surface area contributed by atoms with Crippen LogP contribution in [0.1, 0.15) is 85.1 Å². The number of amides is 2. The van der Waals surface area contributed by atoms with Crippen LogP contribution in [0.4, 0.5) is 0 Å². The van der Waals surface area contributed by atoms with Crippen LogP contribution in [-0.4, -0.2) is 55.4 Å². The van der Waals surface area contributed by atoms with Gasteiger partial charge >= 0.3 is 11.9 Å². The van der Waals surface area contributed by atoms with Crippen molar-refractivity contribution in [2.24, 2.45) is 21.8 Å². The summed E-state index contributed by atoms with van der Waals surface area (Å²) in [5.74, 6) is -2.30. The second kappa shape index (κ2) is 12.9. The topological polar surface area (TPSA) is 165 Å². The second-order valence-electron chi connectivity index (χ2n) is 11.5. The molecule has 2 aromatic rings. The molecule has 2 atom stereocenters. The van der Waals surface area contributed by atoms with Crippen LogP contribution >= 0.6 is 0 Å². The zero-order chi connectivity index (χ0) is 31.6. The SMILES string of the molecule is C=CC1=C(C)C(Cc2[nH]c(Cc3[nH]c(CC4=NC(=O)[C@H](C)[C@H]4CC)c(C)c3CCC(=O)O)c(CCC(=O)O)c2C)=NC1=O. The van der Waals surface area contributed by atoms with E-state index in [0.29, 0.717) is 43.4 Å². The molecule has 0 radical (unpaired) electrons. The summed E-state index contributed by atoms with van der Waals surface area (Å²) in [5, 5.41) is 18.9. The lowest BCUT2D eigenvalue weighted by atomic mass is 9.87. The van der Waals surface area contributed by atoms with E-state index in [1.165, 1.54) is 6.08 Å². The smallest absolute Gasteiger partial charge is 0.303 e. The maximum atomic E-state index is 12.4. The van der Waals surface area contributed by atoms with E-state index in [-0.39, 0.29) is 36.5 Å². The molecule has 0 bridgehead atoms. The summed E-state index contributed by atoms with van der Waals surface area (Å²) in [6.45, 7) is 13.4. The first-order valence-electron chi connectivity index (χ1n) is 14.7. The minimum Gasteiger partial charge on any atom is -0.481 e. The first-order chi connectivity index (χ1) is 20.4. The van der Waals surface area contributed by atoms with Gasteiger partial charge in [0, 0.05) is 78.0 Å². The Morgan fingerprint density at radius 2 is 1.40 bits per heavy atom. The molecule has 43 heavy (non-hydrogen) atoms. The third-order valence-corrected chi connectivity index (χ3v) is 9.00. The van der Waals surface area contributed by atoms with Gasteiger partial charge in [0.05, 0.1) is 5.71 Å². The number of aromatic nitrogens is 2. The van der Waals surface area contributed by atoms with Crippen molar-refractivity contribution in [2.75, 3.05) is 0 Å². The van der Waals surface area contributed by atoms with Crippen LogP contribution in [0.2, 0.25) is 0 Å². The highest BCUT2D eigenvalue weighted by Gasteiger charge is 2.34. The molecule has 2 amide bonds. The van der Waals surface area contributed by atoms with Crippen molar-refractivity contribution in [3.8, 4) is 0 Å². The van der Waals surface area contributed by atoms with E-state index >= 15 is 0 Å². The van der Waals surface area contributed by atoms with Gasteiger partial charge in [-0.15, -0.1) is 0 Å². The quantitative estimate of drug-likeness (QED) is 0.248. The van der Waals surface area contributed by atoms with Gasteiger partial charge in [-0.2, -0.15) is 0 Å². The molecular weight excluding hydrogens is 548 g/mol. The van der Waals surface area contributed by atoms with Gasteiger partial charge in [-0.3, -0.25) is 19.2 Å². The average molecular weight is 589 g/mol. The summed E-state index contributed by atoms with van der Waals surface area (Å²) in [7, 11) is 0. The number of carboxylic acid groups (broad SMARTS) is 2. The van der Waals surface area contributed by atoms with Crippen molar-refractivity contribution < 1.29 is 29.4 Å². The third kappa shape index (κ3) is 6.53. The molecule has 0 saturated heterocycles. The maximum Gasteiger partial charge on any atom is 0.303 e. The van der Waals surface area contributed by atoms with E-state index in [1.54, 1.807) is 0 Å². The molecule has 0 aliphatic carbocycles. The van der Waals surface area contributed by atoms with Crippen LogP contribution in [0.15, 0.2) is 33.8 Å². The Bertz CT molecular complexity index is 1600. The number of hydrogen-bond donors (Lipinski definition) is 4. The fourth-order valence-corrected chi connectivity index (χ4v) is 6.38. The van der Waals surface area contributed by atoms with E-state index in [4.69, 9.17) is 0 Å². The van der Waals surface area contributed by atoms with Gasteiger partial charge in [0.15, 0.2) is 0 Å². The van der Waals surface area contributed by atoms with Crippen molar-refractivity contribution in [2.45, 2.75) is 86.0 Å². The van der Waals surface area contributed by atoms with E-state index in [9.17, 15) is 29.4 Å². The van der Waals surface area contributed by atoms with Crippen LogP contribution < -0.4 is 0 Å². The van der Waals surface area contributed by atoms with Crippen LogP contribution in [0.25, 0.3) is 0 Å². The Morgan fingerprint density at radius 1 is 0.860 bits per heavy atom. The molecule has 2 aliphatic heterocycles. The number of rotatable bonds is 14. The summed E-state index contributed by atoms with van der Waals surface area (Å²) >= 11 is 0. The molecule has 0 saturated carbocycles. The summed E-state index contributed by atoms with van der Waals surface area (Å²) < 4.78 is 0. The van der Waals surface area contributed by atoms with Gasteiger partial charge in [-0.25, -0.2) is 9.98 Å². The molecule has 4 N–H and O–H groups in total. The summed E-state index contributed by atoms with van der Waals surface area (Å²) in [6.07, 6.45) is 4.15. The molecule has 0 fully saturated rings. The van der Waals surface area contributed by atoms with Gasteiger partial charge in [-0.05, 0) is 67.9 Å². The predicted octanol–water partition coefficient (Wildman–Crippen LogP) is 4.80. The zero-order valence-corrected chi connectivity index (χ0v) is 25.5. The number of aliphatic carboxylic acids is 2. The Hall–Kier alpha value is -4.34. The largest absolute Gasteiger partial charge is 0.481 e. The number of H-pyrrole nitrogens is 2. The summed E-state index contributed by atoms with van der Waals surface area (Å²) in [5.41, 5.74) is 9.84. The van der Waals surface area contributed by atoms with Gasteiger partial charge in [0.2, 0.25) is 5.91 Å².